The molecule has 0 atom stereocenters. The zero-order valence-corrected chi connectivity index (χ0v) is 6.95. The number of rotatable bonds is 0. The summed E-state index contributed by atoms with van der Waals surface area (Å²) in [6, 6.07) is 0. The zero-order valence-electron chi connectivity index (χ0n) is 6.95. The van der Waals surface area contributed by atoms with Crippen LogP contribution in [0.3, 0.4) is 0 Å². The van der Waals surface area contributed by atoms with Crippen LogP contribution in [-0.4, -0.2) is 0 Å². The van der Waals surface area contributed by atoms with Crippen molar-refractivity contribution in [3.63, 3.8) is 0 Å². The molecule has 0 N–H and O–H groups in total. The van der Waals surface area contributed by atoms with E-state index >= 15 is 0 Å². The van der Waals surface area contributed by atoms with Crippen molar-refractivity contribution in [2.45, 2.75) is 6.92 Å². The van der Waals surface area contributed by atoms with Gasteiger partial charge in [-0.2, -0.15) is 0 Å². The van der Waals surface area contributed by atoms with E-state index in [2.05, 4.69) is 6.08 Å². The Bertz CT molecular complexity index is 364. The van der Waals surface area contributed by atoms with Crippen LogP contribution in [0.15, 0.2) is 35.0 Å². The van der Waals surface area contributed by atoms with Crippen molar-refractivity contribution in [1.29, 1.82) is 0 Å². The molecule has 0 aromatic carbocycles. The first-order valence-electron chi connectivity index (χ1n) is 3.97. The average molecular weight is 158 g/mol. The molecule has 0 aliphatic heterocycles. The van der Waals surface area contributed by atoms with Crippen molar-refractivity contribution >= 4 is 12.2 Å². The first-order chi connectivity index (χ1) is 5.88. The lowest BCUT2D eigenvalue weighted by Crippen LogP contribution is -1.76. The molecule has 0 saturated carbocycles. The van der Waals surface area contributed by atoms with Gasteiger partial charge in [-0.05, 0) is 6.92 Å². The zero-order chi connectivity index (χ0) is 8.39. The van der Waals surface area contributed by atoms with E-state index in [0.29, 0.717) is 0 Å². The van der Waals surface area contributed by atoms with Crippen LogP contribution in [-0.2, 0) is 0 Å². The van der Waals surface area contributed by atoms with Crippen LogP contribution in [0.25, 0.3) is 12.2 Å². The SMILES string of the molecule is Cc1occ2c1/C=C\C=C/C=C2. The lowest BCUT2D eigenvalue weighted by Gasteiger charge is -1.93. The first kappa shape index (κ1) is 7.17. The van der Waals surface area contributed by atoms with E-state index < -0.39 is 0 Å². The van der Waals surface area contributed by atoms with E-state index in [4.69, 9.17) is 4.42 Å². The second kappa shape index (κ2) is 2.86. The van der Waals surface area contributed by atoms with Crippen LogP contribution >= 0.6 is 0 Å². The second-order valence-corrected chi connectivity index (χ2v) is 2.76. The fraction of sp³-hybridized carbons (Fsp3) is 0.0909. The molecule has 0 unspecified atom stereocenters. The molecule has 0 radical (unpaired) electrons. The lowest BCUT2D eigenvalue weighted by atomic mass is 10.1. The van der Waals surface area contributed by atoms with Crippen molar-refractivity contribution in [3.05, 3.63) is 47.5 Å². The topological polar surface area (TPSA) is 13.1 Å². The summed E-state index contributed by atoms with van der Waals surface area (Å²) in [6.45, 7) is 1.97. The molecule has 0 spiro atoms. The van der Waals surface area contributed by atoms with Gasteiger partial charge in [0.05, 0.1) is 6.26 Å². The number of aryl methyl sites for hydroxylation is 1. The second-order valence-electron chi connectivity index (χ2n) is 2.76. The van der Waals surface area contributed by atoms with Gasteiger partial charge in [-0.1, -0.05) is 36.5 Å². The van der Waals surface area contributed by atoms with E-state index in [0.717, 1.165) is 11.3 Å². The van der Waals surface area contributed by atoms with Crippen LogP contribution in [0.1, 0.15) is 16.9 Å². The van der Waals surface area contributed by atoms with E-state index in [1.165, 1.54) is 5.56 Å². The predicted molar refractivity (Wildman–Crippen MR) is 50.7 cm³/mol. The van der Waals surface area contributed by atoms with Gasteiger partial charge in [-0.15, -0.1) is 0 Å². The standard InChI is InChI=1S/C11H10O/c1-9-11-7-5-3-2-4-6-10(11)8-12-9/h2-8H,1H3/b3-2-,6-4?,7-5-. The van der Waals surface area contributed by atoms with Gasteiger partial charge < -0.3 is 4.42 Å². The lowest BCUT2D eigenvalue weighted by molar-refractivity contribution is 0.533. The minimum absolute atomic E-state index is 0.973. The Hall–Kier alpha value is -1.50. The van der Waals surface area contributed by atoms with E-state index in [9.17, 15) is 0 Å². The normalized spacial score (nSPS) is 19.4. The Morgan fingerprint density at radius 3 is 2.58 bits per heavy atom. The third-order valence-electron chi connectivity index (χ3n) is 1.92. The fourth-order valence-corrected chi connectivity index (χ4v) is 1.26. The number of furan rings is 1. The molecule has 1 heteroatoms. The average Bonchev–Trinajstić information content (AvgIpc) is 2.31. The Labute approximate surface area is 71.7 Å². The third kappa shape index (κ3) is 1.14. The summed E-state index contributed by atoms with van der Waals surface area (Å²) < 4.78 is 5.30. The number of hydrogen-bond acceptors (Lipinski definition) is 1. The van der Waals surface area contributed by atoms with Gasteiger partial charge >= 0.3 is 0 Å². The quantitative estimate of drug-likeness (QED) is 0.565. The summed E-state index contributed by atoms with van der Waals surface area (Å²) >= 11 is 0. The van der Waals surface area contributed by atoms with E-state index in [-0.39, 0.29) is 0 Å². The van der Waals surface area contributed by atoms with Crippen LogP contribution in [0.4, 0.5) is 0 Å². The number of hydrogen-bond donors (Lipinski definition) is 0. The molecule has 1 aromatic heterocycles. The highest BCUT2D eigenvalue weighted by atomic mass is 16.3. The Morgan fingerprint density at radius 1 is 1.00 bits per heavy atom. The Balaban J connectivity index is 2.57. The van der Waals surface area contributed by atoms with Crippen LogP contribution in [0.5, 0.6) is 0 Å². The third-order valence-corrected chi connectivity index (χ3v) is 1.92. The van der Waals surface area contributed by atoms with Crippen molar-refractivity contribution in [2.75, 3.05) is 0 Å². The molecule has 1 aromatic rings. The summed E-state index contributed by atoms with van der Waals surface area (Å²) in [7, 11) is 0. The van der Waals surface area contributed by atoms with Crippen LogP contribution in [0, 0.1) is 6.92 Å². The molecule has 60 valence electrons. The fourth-order valence-electron chi connectivity index (χ4n) is 1.26. The van der Waals surface area contributed by atoms with Crippen molar-refractivity contribution < 1.29 is 4.42 Å². The molecule has 0 amide bonds. The van der Waals surface area contributed by atoms with Crippen molar-refractivity contribution in [2.24, 2.45) is 0 Å². The molecule has 0 saturated heterocycles. The molecular formula is C11H10O. The number of allylic oxidation sites excluding steroid dienone is 4. The smallest absolute Gasteiger partial charge is 0.108 e. The van der Waals surface area contributed by atoms with Gasteiger partial charge in [-0.3, -0.25) is 0 Å². The van der Waals surface area contributed by atoms with Gasteiger partial charge in [0.25, 0.3) is 0 Å². The van der Waals surface area contributed by atoms with E-state index in [1.807, 2.05) is 37.3 Å². The van der Waals surface area contributed by atoms with Gasteiger partial charge in [0.1, 0.15) is 5.76 Å². The summed E-state index contributed by atoms with van der Waals surface area (Å²) in [5.41, 5.74) is 2.32. The summed E-state index contributed by atoms with van der Waals surface area (Å²) in [5, 5.41) is 0. The van der Waals surface area contributed by atoms with Crippen molar-refractivity contribution in [3.8, 4) is 0 Å². The molecule has 0 fully saturated rings. The minimum atomic E-state index is 0.973. The highest BCUT2D eigenvalue weighted by Gasteiger charge is 2.03. The van der Waals surface area contributed by atoms with Gasteiger partial charge in [0.15, 0.2) is 0 Å². The highest BCUT2D eigenvalue weighted by molar-refractivity contribution is 5.68. The van der Waals surface area contributed by atoms with Crippen LogP contribution < -0.4 is 0 Å². The van der Waals surface area contributed by atoms with Crippen molar-refractivity contribution in [1.82, 2.24) is 0 Å². The summed E-state index contributed by atoms with van der Waals surface area (Å²) in [4.78, 5) is 0. The molecule has 1 aliphatic carbocycles. The molecule has 1 aliphatic rings. The maximum Gasteiger partial charge on any atom is 0.108 e. The largest absolute Gasteiger partial charge is 0.468 e. The molecule has 1 nitrogen and oxygen atoms in total. The van der Waals surface area contributed by atoms with Crippen LogP contribution in [0.2, 0.25) is 0 Å². The molecular weight excluding hydrogens is 148 g/mol. The monoisotopic (exact) mass is 158 g/mol. The van der Waals surface area contributed by atoms with Gasteiger partial charge in [0.2, 0.25) is 0 Å². The molecule has 12 heavy (non-hydrogen) atoms. The Kier molecular flexibility index (Phi) is 1.71. The highest BCUT2D eigenvalue weighted by Crippen LogP contribution is 2.20. The maximum atomic E-state index is 5.30. The Morgan fingerprint density at radius 2 is 1.75 bits per heavy atom. The van der Waals surface area contributed by atoms with Gasteiger partial charge in [0, 0.05) is 11.1 Å². The summed E-state index contributed by atoms with van der Waals surface area (Å²) in [5.74, 6) is 0.973. The molecule has 1 heterocycles. The number of fused-ring (bicyclic) bond motifs is 1. The molecule has 0 bridgehead atoms. The summed E-state index contributed by atoms with van der Waals surface area (Å²) in [6.07, 6.45) is 13.9. The first-order valence-corrected chi connectivity index (χ1v) is 3.97. The maximum absolute atomic E-state index is 5.30. The minimum Gasteiger partial charge on any atom is -0.468 e. The van der Waals surface area contributed by atoms with Gasteiger partial charge in [-0.25, -0.2) is 0 Å². The van der Waals surface area contributed by atoms with E-state index in [1.54, 1.807) is 6.26 Å². The predicted octanol–water partition coefficient (Wildman–Crippen LogP) is 3.18. The molecule has 2 rings (SSSR count).